The molecule has 0 spiro atoms. The van der Waals surface area contributed by atoms with Crippen LogP contribution in [0.15, 0.2) is 71.6 Å². The fraction of sp³-hybridized carbons (Fsp3) is 0.190. The van der Waals surface area contributed by atoms with Gasteiger partial charge in [-0.05, 0) is 32.0 Å². The Kier molecular flexibility index (Phi) is 7.68. The van der Waals surface area contributed by atoms with E-state index in [4.69, 9.17) is 4.74 Å². The van der Waals surface area contributed by atoms with E-state index in [-0.39, 0.29) is 29.1 Å². The molecule has 4 nitrogen and oxygen atoms in total. The standard InChI is InChI=1S/C21H20BrN2O2.BrH/c1-15(2)26-21(25)19-6-4-3-5-17(19)13-24-12-11-23-20(14-24)16-7-9-18(22)10-8-16;/h3-12,14-15H,13H2,1-2H3;1H/q+1;/p-1. The molecule has 1 aromatic heterocycles. The van der Waals surface area contributed by atoms with Crippen LogP contribution in [0.25, 0.3) is 11.3 Å². The molecule has 3 rings (SSSR count). The zero-order valence-corrected chi connectivity index (χ0v) is 18.3. The van der Waals surface area contributed by atoms with Gasteiger partial charge in [-0.2, -0.15) is 4.57 Å². The van der Waals surface area contributed by atoms with Crippen molar-refractivity contribution in [2.45, 2.75) is 26.5 Å². The number of hydrogen-bond donors (Lipinski definition) is 0. The monoisotopic (exact) mass is 490 g/mol. The highest BCUT2D eigenvalue weighted by Crippen LogP contribution is 2.18. The van der Waals surface area contributed by atoms with Gasteiger partial charge in [-0.3, -0.25) is 0 Å². The van der Waals surface area contributed by atoms with Crippen molar-refractivity contribution in [3.05, 3.63) is 82.7 Å². The van der Waals surface area contributed by atoms with Crippen LogP contribution in [0.4, 0.5) is 0 Å². The van der Waals surface area contributed by atoms with Crippen LogP contribution < -0.4 is 21.5 Å². The number of hydrogen-bond acceptors (Lipinski definition) is 3. The van der Waals surface area contributed by atoms with Crippen molar-refractivity contribution in [1.82, 2.24) is 4.98 Å². The molecule has 0 aliphatic carbocycles. The normalized spacial score (nSPS) is 10.4. The van der Waals surface area contributed by atoms with E-state index in [1.165, 1.54) is 0 Å². The summed E-state index contributed by atoms with van der Waals surface area (Å²) in [5, 5.41) is 0. The first kappa shape index (κ1) is 21.3. The molecule has 27 heavy (non-hydrogen) atoms. The molecular weight excluding hydrogens is 472 g/mol. The van der Waals surface area contributed by atoms with Gasteiger partial charge in [-0.25, -0.2) is 9.78 Å². The molecule has 0 amide bonds. The summed E-state index contributed by atoms with van der Waals surface area (Å²) in [5.74, 6) is -0.293. The molecule has 0 unspecified atom stereocenters. The average Bonchev–Trinajstić information content (AvgIpc) is 2.62. The fourth-order valence-corrected chi connectivity index (χ4v) is 2.90. The molecule has 0 fully saturated rings. The van der Waals surface area contributed by atoms with Crippen LogP contribution >= 0.6 is 15.9 Å². The molecular formula is C21H20Br2N2O2. The van der Waals surface area contributed by atoms with Gasteiger partial charge in [-0.15, -0.1) is 0 Å². The molecule has 3 aromatic rings. The van der Waals surface area contributed by atoms with Crippen molar-refractivity contribution in [2.24, 2.45) is 0 Å². The van der Waals surface area contributed by atoms with Crippen molar-refractivity contribution in [1.29, 1.82) is 0 Å². The lowest BCUT2D eigenvalue weighted by molar-refractivity contribution is -0.688. The van der Waals surface area contributed by atoms with Gasteiger partial charge in [0.1, 0.15) is 5.69 Å². The van der Waals surface area contributed by atoms with Crippen LogP contribution in [0.2, 0.25) is 0 Å². The Hall–Kier alpha value is -2.05. The highest BCUT2D eigenvalue weighted by atomic mass is 79.9. The molecule has 0 atom stereocenters. The number of nitrogens with zero attached hydrogens (tertiary/aromatic N) is 2. The van der Waals surface area contributed by atoms with Gasteiger partial charge in [0.2, 0.25) is 0 Å². The van der Waals surface area contributed by atoms with E-state index >= 15 is 0 Å². The summed E-state index contributed by atoms with van der Waals surface area (Å²) < 4.78 is 8.40. The zero-order valence-electron chi connectivity index (χ0n) is 15.1. The molecule has 0 saturated heterocycles. The summed E-state index contributed by atoms with van der Waals surface area (Å²) in [6.07, 6.45) is 5.50. The van der Waals surface area contributed by atoms with Gasteiger partial charge in [0.25, 0.3) is 0 Å². The Morgan fingerprint density at radius 2 is 1.85 bits per heavy atom. The smallest absolute Gasteiger partial charge is 0.338 e. The SMILES string of the molecule is CC(C)OC(=O)c1ccccc1C[n+]1ccnc(-c2ccc(Br)cc2)c1.[Br-]. The average molecular weight is 492 g/mol. The molecule has 0 saturated carbocycles. The molecule has 0 radical (unpaired) electrons. The van der Waals surface area contributed by atoms with Gasteiger partial charge in [-0.1, -0.05) is 46.3 Å². The first-order valence-electron chi connectivity index (χ1n) is 8.43. The minimum absolute atomic E-state index is 0. The maximum atomic E-state index is 12.3. The number of ether oxygens (including phenoxy) is 1. The van der Waals surface area contributed by atoms with E-state index in [1.54, 1.807) is 12.3 Å². The second-order valence-corrected chi connectivity index (χ2v) is 7.15. The predicted molar refractivity (Wildman–Crippen MR) is 104 cm³/mol. The van der Waals surface area contributed by atoms with E-state index in [2.05, 4.69) is 20.9 Å². The Labute approximate surface area is 178 Å². The topological polar surface area (TPSA) is 43.1 Å². The largest absolute Gasteiger partial charge is 1.00 e. The van der Waals surface area contributed by atoms with Crippen molar-refractivity contribution >= 4 is 21.9 Å². The lowest BCUT2D eigenvalue weighted by atomic mass is 10.1. The molecule has 0 aliphatic rings. The summed E-state index contributed by atoms with van der Waals surface area (Å²) >= 11 is 3.45. The molecule has 1 heterocycles. The lowest BCUT2D eigenvalue weighted by Crippen LogP contribution is -3.00. The first-order chi connectivity index (χ1) is 12.5. The number of esters is 1. The molecule has 2 aromatic carbocycles. The molecule has 0 N–H and O–H groups in total. The summed E-state index contributed by atoms with van der Waals surface area (Å²) in [6, 6.07) is 15.6. The third-order valence-corrected chi connectivity index (χ3v) is 4.36. The Balaban J connectivity index is 0.00000261. The maximum absolute atomic E-state index is 12.3. The van der Waals surface area contributed by atoms with Crippen molar-refractivity contribution in [3.8, 4) is 11.3 Å². The van der Waals surface area contributed by atoms with Gasteiger partial charge < -0.3 is 21.7 Å². The first-order valence-corrected chi connectivity index (χ1v) is 9.22. The number of rotatable bonds is 5. The Bertz CT molecular complexity index is 912. The fourth-order valence-electron chi connectivity index (χ4n) is 2.63. The van der Waals surface area contributed by atoms with E-state index in [1.807, 2.05) is 73.3 Å². The van der Waals surface area contributed by atoms with Crippen molar-refractivity contribution in [3.63, 3.8) is 0 Å². The van der Waals surface area contributed by atoms with Crippen LogP contribution in [0.5, 0.6) is 0 Å². The summed E-state index contributed by atoms with van der Waals surface area (Å²) in [7, 11) is 0. The lowest BCUT2D eigenvalue weighted by Gasteiger charge is -2.10. The van der Waals surface area contributed by atoms with Crippen molar-refractivity contribution in [2.75, 3.05) is 0 Å². The minimum Gasteiger partial charge on any atom is -1.00 e. The van der Waals surface area contributed by atoms with Crippen LogP contribution in [-0.4, -0.2) is 17.1 Å². The molecule has 140 valence electrons. The summed E-state index contributed by atoms with van der Waals surface area (Å²) in [4.78, 5) is 16.8. The van der Waals surface area contributed by atoms with E-state index < -0.39 is 0 Å². The van der Waals surface area contributed by atoms with Gasteiger partial charge >= 0.3 is 5.97 Å². The quantitative estimate of drug-likeness (QED) is 0.400. The zero-order chi connectivity index (χ0) is 18.5. The van der Waals surface area contributed by atoms with Crippen LogP contribution in [0, 0.1) is 0 Å². The highest BCUT2D eigenvalue weighted by molar-refractivity contribution is 9.10. The van der Waals surface area contributed by atoms with E-state index in [0.717, 1.165) is 21.3 Å². The maximum Gasteiger partial charge on any atom is 0.338 e. The Morgan fingerprint density at radius 1 is 1.15 bits per heavy atom. The van der Waals surface area contributed by atoms with Crippen LogP contribution in [-0.2, 0) is 11.3 Å². The second kappa shape index (κ2) is 9.76. The van der Waals surface area contributed by atoms with E-state index in [0.29, 0.717) is 12.1 Å². The number of aromatic nitrogens is 2. The highest BCUT2D eigenvalue weighted by Gasteiger charge is 2.17. The molecule has 0 bridgehead atoms. The van der Waals surface area contributed by atoms with Crippen LogP contribution in [0.1, 0.15) is 29.8 Å². The minimum atomic E-state index is -0.293. The number of benzene rings is 2. The van der Waals surface area contributed by atoms with Gasteiger partial charge in [0.05, 0.1) is 17.9 Å². The van der Waals surface area contributed by atoms with Gasteiger partial charge in [0.15, 0.2) is 18.9 Å². The Morgan fingerprint density at radius 3 is 2.56 bits per heavy atom. The summed E-state index contributed by atoms with van der Waals surface area (Å²) in [6.45, 7) is 4.26. The molecule has 0 aliphatic heterocycles. The second-order valence-electron chi connectivity index (χ2n) is 6.23. The number of carbonyl (C=O) groups is 1. The number of carbonyl (C=O) groups excluding carboxylic acids is 1. The summed E-state index contributed by atoms with van der Waals surface area (Å²) in [5.41, 5.74) is 3.42. The third kappa shape index (κ3) is 5.71. The predicted octanol–water partition coefficient (Wildman–Crippen LogP) is 1.42. The van der Waals surface area contributed by atoms with Crippen LogP contribution in [0.3, 0.4) is 0 Å². The molecule has 6 heteroatoms. The number of halogens is 2. The van der Waals surface area contributed by atoms with E-state index in [9.17, 15) is 4.79 Å². The third-order valence-electron chi connectivity index (χ3n) is 3.83. The van der Waals surface area contributed by atoms with Crippen molar-refractivity contribution < 1.29 is 31.1 Å². The van der Waals surface area contributed by atoms with Gasteiger partial charge in [0, 0.05) is 15.6 Å².